The molecule has 1 aromatic carbocycles. The summed E-state index contributed by atoms with van der Waals surface area (Å²) in [4.78, 5) is 13.7. The molecule has 186 valence electrons. The molecule has 0 radical (unpaired) electrons. The van der Waals surface area contributed by atoms with Gasteiger partial charge in [-0.2, -0.15) is 0 Å². The van der Waals surface area contributed by atoms with Gasteiger partial charge in [0, 0.05) is 5.92 Å². The second kappa shape index (κ2) is 9.20. The van der Waals surface area contributed by atoms with Crippen molar-refractivity contribution in [1.82, 2.24) is 15.0 Å². The molecule has 34 heavy (non-hydrogen) atoms. The number of para-hydroxylation sites is 1. The van der Waals surface area contributed by atoms with Crippen molar-refractivity contribution in [2.24, 2.45) is 35.0 Å². The van der Waals surface area contributed by atoms with Gasteiger partial charge in [0.05, 0.1) is 10.6 Å². The van der Waals surface area contributed by atoms with E-state index in [1.807, 2.05) is 25.1 Å². The summed E-state index contributed by atoms with van der Waals surface area (Å²) in [6, 6.07) is 5.60. The summed E-state index contributed by atoms with van der Waals surface area (Å²) in [5.74, 6) is 3.20. The van der Waals surface area contributed by atoms with Crippen molar-refractivity contribution < 1.29 is 9.90 Å². The quantitative estimate of drug-likeness (QED) is 0.510. The Hall–Kier alpha value is -1.46. The predicted molar refractivity (Wildman–Crippen MR) is 136 cm³/mol. The van der Waals surface area contributed by atoms with Gasteiger partial charge in [0.1, 0.15) is 17.6 Å². The molecule has 1 heterocycles. The number of Topliss-reactive ketones (excluding diaryl/α,β-unsaturated/α-hetero) is 1. The number of carbonyl (C=O) groups excluding carboxylic acids is 1. The Labute approximate surface area is 208 Å². The molecule has 2 aromatic rings. The van der Waals surface area contributed by atoms with Crippen LogP contribution in [0.5, 0.6) is 0 Å². The van der Waals surface area contributed by atoms with Gasteiger partial charge in [-0.1, -0.05) is 49.6 Å². The van der Waals surface area contributed by atoms with Gasteiger partial charge in [-0.15, -0.1) is 5.10 Å². The van der Waals surface area contributed by atoms with Crippen molar-refractivity contribution in [3.8, 4) is 0 Å². The van der Waals surface area contributed by atoms with Gasteiger partial charge >= 0.3 is 0 Å². The van der Waals surface area contributed by atoms with E-state index in [0.29, 0.717) is 22.6 Å². The van der Waals surface area contributed by atoms with Crippen LogP contribution in [-0.2, 0) is 11.3 Å². The lowest BCUT2D eigenvalue weighted by molar-refractivity contribution is -0.130. The van der Waals surface area contributed by atoms with E-state index in [4.69, 9.17) is 11.6 Å². The molecule has 6 heteroatoms. The zero-order valence-electron chi connectivity index (χ0n) is 21.0. The van der Waals surface area contributed by atoms with Crippen molar-refractivity contribution in [1.29, 1.82) is 0 Å². The molecule has 5 nitrogen and oxygen atoms in total. The second-order valence-corrected chi connectivity index (χ2v) is 12.5. The lowest BCUT2D eigenvalue weighted by Crippen LogP contribution is -2.46. The lowest BCUT2D eigenvalue weighted by Gasteiger charge is -2.52. The van der Waals surface area contributed by atoms with E-state index in [-0.39, 0.29) is 17.9 Å². The zero-order valence-corrected chi connectivity index (χ0v) is 21.7. The summed E-state index contributed by atoms with van der Waals surface area (Å²) in [5.41, 5.74) is 1.11. The summed E-state index contributed by atoms with van der Waals surface area (Å²) in [5, 5.41) is 19.6. The normalized spacial score (nSPS) is 38.2. The van der Waals surface area contributed by atoms with Gasteiger partial charge in [0.15, 0.2) is 5.78 Å². The van der Waals surface area contributed by atoms with Crippen LogP contribution in [0.3, 0.4) is 0 Å². The number of benzene rings is 1. The number of ketones is 1. The fourth-order valence-corrected chi connectivity index (χ4v) is 8.49. The molecule has 0 bridgehead atoms. The SMILES string of the molecule is CCC[C@@H]1[C@@H](C2CCC(C)(O)CC2)CC[C@]2(C)[C@@H](C(=O)Cn3nnc4cccc(Cl)c43)CC[C@@H]12. The van der Waals surface area contributed by atoms with Gasteiger partial charge in [-0.3, -0.25) is 4.79 Å². The van der Waals surface area contributed by atoms with E-state index in [2.05, 4.69) is 24.2 Å². The Morgan fingerprint density at radius 2 is 1.91 bits per heavy atom. The Morgan fingerprint density at radius 1 is 1.15 bits per heavy atom. The molecule has 3 aliphatic carbocycles. The number of rotatable bonds is 6. The number of aromatic nitrogens is 3. The third-order valence-corrected chi connectivity index (χ3v) is 10.3. The molecule has 0 amide bonds. The molecule has 3 aliphatic rings. The van der Waals surface area contributed by atoms with Gasteiger partial charge in [0.2, 0.25) is 0 Å². The van der Waals surface area contributed by atoms with Crippen molar-refractivity contribution >= 4 is 28.4 Å². The molecule has 0 saturated heterocycles. The number of nitrogens with zero attached hydrogens (tertiary/aromatic N) is 3. The summed E-state index contributed by atoms with van der Waals surface area (Å²) in [6.45, 7) is 6.98. The largest absolute Gasteiger partial charge is 0.390 e. The number of aliphatic hydroxyl groups is 1. The number of halogens is 1. The van der Waals surface area contributed by atoms with Gasteiger partial charge in [-0.25, -0.2) is 4.68 Å². The van der Waals surface area contributed by atoms with E-state index < -0.39 is 5.60 Å². The summed E-state index contributed by atoms with van der Waals surface area (Å²) in [7, 11) is 0. The third-order valence-electron chi connectivity index (χ3n) is 10.0. The first-order chi connectivity index (χ1) is 16.2. The Bertz CT molecular complexity index is 1040. The van der Waals surface area contributed by atoms with E-state index >= 15 is 0 Å². The highest BCUT2D eigenvalue weighted by Gasteiger charge is 2.56. The molecular formula is C28H40ClN3O2. The highest BCUT2D eigenvalue weighted by molar-refractivity contribution is 6.34. The summed E-state index contributed by atoms with van der Waals surface area (Å²) < 4.78 is 1.71. The topological polar surface area (TPSA) is 68.0 Å². The molecular weight excluding hydrogens is 446 g/mol. The number of carbonyl (C=O) groups is 1. The molecule has 5 rings (SSSR count). The average molecular weight is 486 g/mol. The fourth-order valence-electron chi connectivity index (χ4n) is 8.23. The van der Waals surface area contributed by atoms with Crippen LogP contribution >= 0.6 is 11.6 Å². The minimum atomic E-state index is -0.473. The molecule has 0 spiro atoms. The van der Waals surface area contributed by atoms with E-state index in [9.17, 15) is 9.90 Å². The van der Waals surface area contributed by atoms with Crippen LogP contribution in [0.4, 0.5) is 0 Å². The average Bonchev–Trinajstić information content (AvgIpc) is 3.36. The molecule has 3 saturated carbocycles. The minimum Gasteiger partial charge on any atom is -0.390 e. The monoisotopic (exact) mass is 485 g/mol. The molecule has 5 atom stereocenters. The first kappa shape index (κ1) is 24.2. The van der Waals surface area contributed by atoms with Crippen LogP contribution in [0.15, 0.2) is 18.2 Å². The van der Waals surface area contributed by atoms with Gasteiger partial charge in [-0.05, 0) is 99.5 Å². The van der Waals surface area contributed by atoms with E-state index in [1.54, 1.807) is 4.68 Å². The van der Waals surface area contributed by atoms with Crippen molar-refractivity contribution in [3.63, 3.8) is 0 Å². The number of hydrogen-bond acceptors (Lipinski definition) is 4. The van der Waals surface area contributed by atoms with E-state index in [0.717, 1.165) is 67.8 Å². The van der Waals surface area contributed by atoms with Gasteiger partial charge < -0.3 is 5.11 Å². The maximum absolute atomic E-state index is 13.7. The van der Waals surface area contributed by atoms with Crippen LogP contribution in [0, 0.1) is 35.0 Å². The highest BCUT2D eigenvalue weighted by atomic mass is 35.5. The number of fused-ring (bicyclic) bond motifs is 2. The fraction of sp³-hybridized carbons (Fsp3) is 0.750. The Morgan fingerprint density at radius 3 is 2.65 bits per heavy atom. The molecule has 0 unspecified atom stereocenters. The molecule has 0 aliphatic heterocycles. The van der Waals surface area contributed by atoms with Crippen LogP contribution in [0.25, 0.3) is 11.0 Å². The molecule has 1 aromatic heterocycles. The first-order valence-electron chi connectivity index (χ1n) is 13.5. The highest BCUT2D eigenvalue weighted by Crippen LogP contribution is 2.62. The zero-order chi connectivity index (χ0) is 24.1. The lowest BCUT2D eigenvalue weighted by atomic mass is 9.53. The second-order valence-electron chi connectivity index (χ2n) is 12.1. The standard InChI is InChI=1S/C28H40ClN3O2/c1-4-6-20-19(18-11-14-27(2,34)15-12-18)13-16-28(3)21(20)9-10-22(28)25(33)17-32-26-23(29)7-5-8-24(26)30-31-32/h5,7-8,18-22,34H,4,6,9-17H2,1-3H3/t18?,19-,20-,21+,22-,27?,28+/m1/s1. The van der Waals surface area contributed by atoms with E-state index in [1.165, 1.54) is 19.3 Å². The van der Waals surface area contributed by atoms with Crippen molar-refractivity contribution in [2.75, 3.05) is 0 Å². The maximum Gasteiger partial charge on any atom is 0.157 e. The predicted octanol–water partition coefficient (Wildman–Crippen LogP) is 6.45. The van der Waals surface area contributed by atoms with Crippen LogP contribution < -0.4 is 0 Å². The molecule has 1 N–H and O–H groups in total. The van der Waals surface area contributed by atoms with Crippen LogP contribution in [-0.4, -0.2) is 31.5 Å². The Balaban J connectivity index is 1.34. The summed E-state index contributed by atoms with van der Waals surface area (Å²) in [6.07, 6.45) is 11.2. The van der Waals surface area contributed by atoms with Gasteiger partial charge in [0.25, 0.3) is 0 Å². The van der Waals surface area contributed by atoms with Crippen molar-refractivity contribution in [2.45, 2.75) is 97.1 Å². The third kappa shape index (κ3) is 4.21. The smallest absolute Gasteiger partial charge is 0.157 e. The van der Waals surface area contributed by atoms with Crippen LogP contribution in [0.1, 0.15) is 85.0 Å². The van der Waals surface area contributed by atoms with Crippen LogP contribution in [0.2, 0.25) is 5.02 Å². The Kier molecular flexibility index (Phi) is 6.56. The maximum atomic E-state index is 13.7. The summed E-state index contributed by atoms with van der Waals surface area (Å²) >= 11 is 6.42. The first-order valence-corrected chi connectivity index (χ1v) is 13.8. The van der Waals surface area contributed by atoms with Crippen molar-refractivity contribution in [3.05, 3.63) is 23.2 Å². The minimum absolute atomic E-state index is 0.0771. The molecule has 3 fully saturated rings. The number of hydrogen-bond donors (Lipinski definition) is 1.